The summed E-state index contributed by atoms with van der Waals surface area (Å²) in [6, 6.07) is 3.69. The highest BCUT2D eigenvalue weighted by molar-refractivity contribution is 7.07. The molecule has 2 aromatic rings. The van der Waals surface area contributed by atoms with Crippen LogP contribution in [0.2, 0.25) is 0 Å². The highest BCUT2D eigenvalue weighted by atomic mass is 32.1. The van der Waals surface area contributed by atoms with Crippen molar-refractivity contribution in [1.82, 2.24) is 10.3 Å². The Morgan fingerprint density at radius 1 is 1.47 bits per heavy atom. The Morgan fingerprint density at radius 2 is 2.37 bits per heavy atom. The number of hydrogen-bond donors (Lipinski definition) is 2. The molecule has 2 aromatic heterocycles. The van der Waals surface area contributed by atoms with Crippen molar-refractivity contribution in [2.45, 2.75) is 6.54 Å². The fourth-order valence-electron chi connectivity index (χ4n) is 1.46. The lowest BCUT2D eigenvalue weighted by Crippen LogP contribution is -2.22. The maximum absolute atomic E-state index is 11.9. The average Bonchev–Trinajstić information content (AvgIpc) is 2.96. The van der Waals surface area contributed by atoms with E-state index in [2.05, 4.69) is 22.1 Å². The number of carbonyl (C=O) groups is 1. The second-order valence-corrected chi connectivity index (χ2v) is 4.56. The van der Waals surface area contributed by atoms with Crippen LogP contribution >= 0.6 is 11.3 Å². The van der Waals surface area contributed by atoms with Gasteiger partial charge in [0.25, 0.3) is 5.91 Å². The first-order valence-corrected chi connectivity index (χ1v) is 6.67. The van der Waals surface area contributed by atoms with Crippen LogP contribution < -0.4 is 11.1 Å². The Hall–Kier alpha value is -2.16. The molecule has 0 aliphatic heterocycles. The number of amides is 1. The summed E-state index contributed by atoms with van der Waals surface area (Å²) in [7, 11) is 0. The van der Waals surface area contributed by atoms with Crippen molar-refractivity contribution in [3.8, 4) is 11.8 Å². The van der Waals surface area contributed by atoms with Crippen molar-refractivity contribution in [3.63, 3.8) is 0 Å². The van der Waals surface area contributed by atoms with Crippen LogP contribution in [0.1, 0.15) is 21.5 Å². The zero-order valence-corrected chi connectivity index (χ0v) is 11.0. The summed E-state index contributed by atoms with van der Waals surface area (Å²) >= 11 is 1.60. The number of carbonyl (C=O) groups excluding carboxylic acids is 1. The first kappa shape index (κ1) is 13.3. The van der Waals surface area contributed by atoms with Gasteiger partial charge in [-0.3, -0.25) is 9.78 Å². The van der Waals surface area contributed by atoms with Crippen LogP contribution in [-0.2, 0) is 6.54 Å². The maximum Gasteiger partial charge on any atom is 0.253 e. The fraction of sp³-hybridized carbons (Fsp3) is 0.143. The van der Waals surface area contributed by atoms with Crippen LogP contribution in [-0.4, -0.2) is 17.4 Å². The summed E-state index contributed by atoms with van der Waals surface area (Å²) in [6.45, 7) is 0.801. The molecule has 0 atom stereocenters. The average molecular weight is 271 g/mol. The van der Waals surface area contributed by atoms with Crippen LogP contribution in [0, 0.1) is 11.8 Å². The molecule has 2 heterocycles. The monoisotopic (exact) mass is 271 g/mol. The molecule has 0 fully saturated rings. The number of thiophene rings is 1. The molecule has 0 saturated carbocycles. The van der Waals surface area contributed by atoms with Crippen molar-refractivity contribution in [2.75, 3.05) is 6.54 Å². The number of aromatic nitrogens is 1. The molecule has 5 heteroatoms. The van der Waals surface area contributed by atoms with E-state index in [1.807, 2.05) is 16.8 Å². The Balaban J connectivity index is 2.02. The summed E-state index contributed by atoms with van der Waals surface area (Å²) < 4.78 is 0. The van der Waals surface area contributed by atoms with E-state index in [9.17, 15) is 4.79 Å². The van der Waals surface area contributed by atoms with Crippen molar-refractivity contribution in [2.24, 2.45) is 5.73 Å². The predicted molar refractivity (Wildman–Crippen MR) is 75.7 cm³/mol. The van der Waals surface area contributed by atoms with E-state index in [1.54, 1.807) is 23.6 Å². The Labute approximate surface area is 115 Å². The lowest BCUT2D eigenvalue weighted by atomic mass is 10.2. The lowest BCUT2D eigenvalue weighted by Gasteiger charge is -2.03. The second kappa shape index (κ2) is 6.69. The molecular formula is C14H13N3OS. The molecule has 4 nitrogen and oxygen atoms in total. The van der Waals surface area contributed by atoms with Crippen molar-refractivity contribution in [3.05, 3.63) is 52.0 Å². The van der Waals surface area contributed by atoms with E-state index in [4.69, 9.17) is 5.73 Å². The topological polar surface area (TPSA) is 68.0 Å². The Morgan fingerprint density at radius 3 is 3.11 bits per heavy atom. The SMILES string of the molecule is NCC#Cc1cncc(C(=O)NCc2ccsc2)c1. The molecule has 0 radical (unpaired) electrons. The minimum Gasteiger partial charge on any atom is -0.348 e. The number of pyridine rings is 1. The van der Waals surface area contributed by atoms with E-state index < -0.39 is 0 Å². The fourth-order valence-corrected chi connectivity index (χ4v) is 2.13. The number of nitrogens with zero attached hydrogens (tertiary/aromatic N) is 1. The largest absolute Gasteiger partial charge is 0.348 e. The molecule has 0 aromatic carbocycles. The second-order valence-electron chi connectivity index (χ2n) is 3.78. The number of nitrogens with one attached hydrogen (secondary N) is 1. The van der Waals surface area contributed by atoms with Crippen LogP contribution in [0.25, 0.3) is 0 Å². The standard InChI is InChI=1S/C14H13N3OS/c15-4-1-2-11-6-13(9-16-7-11)14(18)17-8-12-3-5-19-10-12/h3,5-7,9-10H,4,8,15H2,(H,17,18). The van der Waals surface area contributed by atoms with Crippen molar-refractivity contribution < 1.29 is 4.79 Å². The molecule has 1 amide bonds. The van der Waals surface area contributed by atoms with Gasteiger partial charge in [-0.2, -0.15) is 11.3 Å². The van der Waals surface area contributed by atoms with Gasteiger partial charge < -0.3 is 11.1 Å². The summed E-state index contributed by atoms with van der Waals surface area (Å²) in [4.78, 5) is 15.9. The minimum atomic E-state index is -0.157. The van der Waals surface area contributed by atoms with Crippen LogP contribution in [0.15, 0.2) is 35.3 Å². The third kappa shape index (κ3) is 3.91. The third-order valence-electron chi connectivity index (χ3n) is 2.37. The molecule has 0 unspecified atom stereocenters. The number of rotatable bonds is 3. The summed E-state index contributed by atoms with van der Waals surface area (Å²) in [5, 5.41) is 6.82. The molecule has 2 rings (SSSR count). The molecule has 96 valence electrons. The van der Waals surface area contributed by atoms with Gasteiger partial charge >= 0.3 is 0 Å². The van der Waals surface area contributed by atoms with Gasteiger partial charge in [-0.05, 0) is 28.5 Å². The quantitative estimate of drug-likeness (QED) is 0.829. The Bertz CT molecular complexity index is 611. The van der Waals surface area contributed by atoms with Crippen LogP contribution in [0.4, 0.5) is 0 Å². The molecule has 0 bridgehead atoms. The highest BCUT2D eigenvalue weighted by Gasteiger charge is 2.06. The first-order chi connectivity index (χ1) is 9.29. The van der Waals surface area contributed by atoms with Gasteiger partial charge in [-0.1, -0.05) is 11.8 Å². The minimum absolute atomic E-state index is 0.157. The van der Waals surface area contributed by atoms with Gasteiger partial charge in [0, 0.05) is 24.5 Å². The lowest BCUT2D eigenvalue weighted by molar-refractivity contribution is 0.0950. The third-order valence-corrected chi connectivity index (χ3v) is 3.10. The van der Waals surface area contributed by atoms with Gasteiger partial charge in [0.1, 0.15) is 0 Å². The molecule has 0 aliphatic rings. The van der Waals surface area contributed by atoms with Gasteiger partial charge in [0.15, 0.2) is 0 Å². The number of nitrogens with two attached hydrogens (primary N) is 1. The van der Waals surface area contributed by atoms with E-state index >= 15 is 0 Å². The summed E-state index contributed by atoms with van der Waals surface area (Å²) in [5.41, 5.74) is 7.58. The normalized spacial score (nSPS) is 9.53. The van der Waals surface area contributed by atoms with Crippen LogP contribution in [0.5, 0.6) is 0 Å². The molecule has 0 saturated heterocycles. The molecule has 0 spiro atoms. The molecule has 19 heavy (non-hydrogen) atoms. The summed E-state index contributed by atoms with van der Waals surface area (Å²) in [5.74, 6) is 5.43. The smallest absolute Gasteiger partial charge is 0.253 e. The zero-order valence-electron chi connectivity index (χ0n) is 10.2. The molecular weight excluding hydrogens is 258 g/mol. The Kier molecular flexibility index (Phi) is 4.67. The van der Waals surface area contributed by atoms with E-state index in [0.29, 0.717) is 17.7 Å². The van der Waals surface area contributed by atoms with Gasteiger partial charge in [0.2, 0.25) is 0 Å². The first-order valence-electron chi connectivity index (χ1n) is 5.73. The van der Waals surface area contributed by atoms with Crippen molar-refractivity contribution >= 4 is 17.2 Å². The predicted octanol–water partition coefficient (Wildman–Crippen LogP) is 1.38. The van der Waals surface area contributed by atoms with E-state index in [1.165, 1.54) is 6.20 Å². The van der Waals surface area contributed by atoms with E-state index in [0.717, 1.165) is 5.56 Å². The van der Waals surface area contributed by atoms with E-state index in [-0.39, 0.29) is 12.5 Å². The maximum atomic E-state index is 11.9. The van der Waals surface area contributed by atoms with Crippen LogP contribution in [0.3, 0.4) is 0 Å². The molecule has 3 N–H and O–H groups in total. The van der Waals surface area contributed by atoms with Gasteiger partial charge in [0.05, 0.1) is 12.1 Å². The highest BCUT2D eigenvalue weighted by Crippen LogP contribution is 2.06. The molecule has 0 aliphatic carbocycles. The summed E-state index contributed by atoms with van der Waals surface area (Å²) in [6.07, 6.45) is 3.13. The van der Waals surface area contributed by atoms with Crippen molar-refractivity contribution in [1.29, 1.82) is 0 Å². The number of hydrogen-bond acceptors (Lipinski definition) is 4. The zero-order chi connectivity index (χ0) is 13.5. The van der Waals surface area contributed by atoms with Gasteiger partial charge in [-0.25, -0.2) is 0 Å². The van der Waals surface area contributed by atoms with Gasteiger partial charge in [-0.15, -0.1) is 0 Å².